The summed E-state index contributed by atoms with van der Waals surface area (Å²) in [6.45, 7) is 4.79. The van der Waals surface area contributed by atoms with Crippen molar-refractivity contribution in [3.8, 4) is 0 Å². The highest BCUT2D eigenvalue weighted by atomic mass is 79.9. The molecule has 4 nitrogen and oxygen atoms in total. The van der Waals surface area contributed by atoms with Gasteiger partial charge in [0.05, 0.1) is 3.79 Å². The Morgan fingerprint density at radius 1 is 1.43 bits per heavy atom. The van der Waals surface area contributed by atoms with E-state index in [4.69, 9.17) is 0 Å². The second-order valence-electron chi connectivity index (χ2n) is 5.50. The predicted octanol–water partition coefficient (Wildman–Crippen LogP) is 3.57. The summed E-state index contributed by atoms with van der Waals surface area (Å²) < 4.78 is 27.7. The Hall–Kier alpha value is 0.0500. The third kappa shape index (κ3) is 4.07. The Balaban J connectivity index is 2.18. The van der Waals surface area contributed by atoms with E-state index >= 15 is 0 Å². The minimum atomic E-state index is -3.43. The third-order valence-corrected chi connectivity index (χ3v) is 8.12. The van der Waals surface area contributed by atoms with Crippen LogP contribution in [0, 0.1) is 0 Å². The Morgan fingerprint density at radius 3 is 2.57 bits per heavy atom. The van der Waals surface area contributed by atoms with Crippen LogP contribution in [-0.4, -0.2) is 31.9 Å². The first-order valence-electron chi connectivity index (χ1n) is 7.39. The second kappa shape index (κ2) is 7.08. The van der Waals surface area contributed by atoms with Crippen molar-refractivity contribution in [2.24, 2.45) is 0 Å². The van der Waals surface area contributed by atoms with Gasteiger partial charge in [-0.2, -0.15) is 4.31 Å². The summed E-state index contributed by atoms with van der Waals surface area (Å²) in [6.07, 6.45) is 4.11. The normalized spacial score (nSPS) is 16.1. The minimum absolute atomic E-state index is 0.0508. The van der Waals surface area contributed by atoms with Gasteiger partial charge >= 0.3 is 0 Å². The van der Waals surface area contributed by atoms with Crippen LogP contribution in [0.4, 0.5) is 0 Å². The van der Waals surface area contributed by atoms with Crippen molar-refractivity contribution >= 4 is 37.3 Å². The molecule has 1 aromatic rings. The first-order chi connectivity index (χ1) is 9.90. The van der Waals surface area contributed by atoms with Crippen LogP contribution in [0.15, 0.2) is 14.7 Å². The Kier molecular flexibility index (Phi) is 5.87. The number of rotatable bonds is 8. The molecule has 2 rings (SSSR count). The molecule has 0 aromatic carbocycles. The monoisotopic (exact) mass is 394 g/mol. The molecule has 120 valence electrons. The molecule has 0 radical (unpaired) electrons. The summed E-state index contributed by atoms with van der Waals surface area (Å²) in [6, 6.07) is 2.48. The number of halogens is 1. The summed E-state index contributed by atoms with van der Waals surface area (Å²) in [7, 11) is -1.75. The van der Waals surface area contributed by atoms with Crippen molar-refractivity contribution in [1.29, 1.82) is 0 Å². The largest absolute Gasteiger partial charge is 0.309 e. The van der Waals surface area contributed by atoms with Gasteiger partial charge in [-0.3, -0.25) is 0 Å². The average Bonchev–Trinajstić information content (AvgIpc) is 3.20. The molecule has 21 heavy (non-hydrogen) atoms. The molecular weight excluding hydrogens is 372 g/mol. The van der Waals surface area contributed by atoms with Crippen LogP contribution in [0.3, 0.4) is 0 Å². The summed E-state index contributed by atoms with van der Waals surface area (Å²) in [4.78, 5) is 1.46. The zero-order valence-electron chi connectivity index (χ0n) is 12.7. The van der Waals surface area contributed by atoms with Crippen molar-refractivity contribution in [3.63, 3.8) is 0 Å². The van der Waals surface area contributed by atoms with E-state index in [1.165, 1.54) is 28.5 Å². The second-order valence-corrected chi connectivity index (χ2v) is 9.92. The van der Waals surface area contributed by atoms with Crippen LogP contribution >= 0.6 is 27.3 Å². The van der Waals surface area contributed by atoms with E-state index in [1.54, 1.807) is 13.1 Å². The molecule has 1 aliphatic carbocycles. The molecule has 0 bridgehead atoms. The van der Waals surface area contributed by atoms with E-state index in [2.05, 4.69) is 21.2 Å². The van der Waals surface area contributed by atoms with Gasteiger partial charge in [0.15, 0.2) is 0 Å². The first kappa shape index (κ1) is 17.4. The minimum Gasteiger partial charge on any atom is -0.309 e. The highest BCUT2D eigenvalue weighted by molar-refractivity contribution is 9.11. The lowest BCUT2D eigenvalue weighted by Crippen LogP contribution is -2.36. The molecule has 1 aliphatic rings. The van der Waals surface area contributed by atoms with E-state index in [1.807, 2.05) is 13.8 Å². The number of hydrogen-bond donors (Lipinski definition) is 1. The molecule has 7 heteroatoms. The van der Waals surface area contributed by atoms with Crippen LogP contribution in [-0.2, 0) is 16.6 Å². The lowest BCUT2D eigenvalue weighted by Gasteiger charge is -2.25. The summed E-state index contributed by atoms with van der Waals surface area (Å²) >= 11 is 4.93. The average molecular weight is 395 g/mol. The van der Waals surface area contributed by atoms with Gasteiger partial charge in [-0.05, 0) is 47.7 Å². The van der Waals surface area contributed by atoms with Crippen LogP contribution in [0.1, 0.15) is 44.4 Å². The number of thiophene rings is 1. The standard InChI is InChI=1S/C14H23BrN2O2S2/c1-4-11(5-2)17(3)21(18,19)13-8-12(20-14(13)15)9-16-10-6-7-10/h8,10-11,16H,4-7,9H2,1-3H3. The molecule has 1 saturated carbocycles. The molecule has 1 heterocycles. The van der Waals surface area contributed by atoms with Gasteiger partial charge in [-0.1, -0.05) is 13.8 Å². The van der Waals surface area contributed by atoms with E-state index in [9.17, 15) is 8.42 Å². The van der Waals surface area contributed by atoms with Crippen LogP contribution in [0.5, 0.6) is 0 Å². The summed E-state index contributed by atoms with van der Waals surface area (Å²) in [5, 5.41) is 3.42. The van der Waals surface area contributed by atoms with E-state index in [0.29, 0.717) is 14.7 Å². The molecule has 0 saturated heterocycles. The topological polar surface area (TPSA) is 49.4 Å². The molecule has 0 atom stereocenters. The van der Waals surface area contributed by atoms with Crippen molar-refractivity contribution in [2.45, 2.75) is 63.1 Å². The molecule has 0 spiro atoms. The molecular formula is C14H23BrN2O2S2. The fourth-order valence-corrected chi connectivity index (χ4v) is 6.43. The summed E-state index contributed by atoms with van der Waals surface area (Å²) in [5.41, 5.74) is 0. The number of nitrogens with one attached hydrogen (secondary N) is 1. The Bertz CT molecular complexity index is 578. The fourth-order valence-electron chi connectivity index (χ4n) is 2.35. The van der Waals surface area contributed by atoms with Crippen molar-refractivity contribution in [1.82, 2.24) is 9.62 Å². The predicted molar refractivity (Wildman–Crippen MR) is 91.2 cm³/mol. The van der Waals surface area contributed by atoms with Crippen LogP contribution in [0.2, 0.25) is 0 Å². The first-order valence-corrected chi connectivity index (χ1v) is 10.4. The molecule has 0 amide bonds. The van der Waals surface area contributed by atoms with E-state index in [0.717, 1.165) is 24.3 Å². The third-order valence-electron chi connectivity index (χ3n) is 3.96. The molecule has 1 N–H and O–H groups in total. The van der Waals surface area contributed by atoms with Gasteiger partial charge in [-0.15, -0.1) is 11.3 Å². The quantitative estimate of drug-likeness (QED) is 0.732. The van der Waals surface area contributed by atoms with E-state index in [-0.39, 0.29) is 6.04 Å². The van der Waals surface area contributed by atoms with Crippen LogP contribution < -0.4 is 5.32 Å². The zero-order valence-corrected chi connectivity index (χ0v) is 15.9. The number of hydrogen-bond acceptors (Lipinski definition) is 4. The number of sulfonamides is 1. The van der Waals surface area contributed by atoms with Crippen molar-refractivity contribution < 1.29 is 8.42 Å². The Morgan fingerprint density at radius 2 is 2.05 bits per heavy atom. The summed E-state index contributed by atoms with van der Waals surface area (Å²) in [5.74, 6) is 0. The van der Waals surface area contributed by atoms with Crippen LogP contribution in [0.25, 0.3) is 0 Å². The van der Waals surface area contributed by atoms with Gasteiger partial charge in [0.2, 0.25) is 10.0 Å². The molecule has 1 fully saturated rings. The van der Waals surface area contributed by atoms with E-state index < -0.39 is 10.0 Å². The zero-order chi connectivity index (χ0) is 15.6. The van der Waals surface area contributed by atoms with Gasteiger partial charge in [0, 0.05) is 30.6 Å². The molecule has 1 aromatic heterocycles. The van der Waals surface area contributed by atoms with Gasteiger partial charge < -0.3 is 5.32 Å². The molecule has 0 unspecified atom stereocenters. The highest BCUT2D eigenvalue weighted by Crippen LogP contribution is 2.34. The smallest absolute Gasteiger partial charge is 0.245 e. The highest BCUT2D eigenvalue weighted by Gasteiger charge is 2.29. The maximum Gasteiger partial charge on any atom is 0.245 e. The fraction of sp³-hybridized carbons (Fsp3) is 0.714. The maximum absolute atomic E-state index is 12.8. The lowest BCUT2D eigenvalue weighted by molar-refractivity contribution is 0.349. The van der Waals surface area contributed by atoms with Crippen molar-refractivity contribution in [2.75, 3.05) is 7.05 Å². The van der Waals surface area contributed by atoms with Gasteiger partial charge in [0.1, 0.15) is 4.90 Å². The lowest BCUT2D eigenvalue weighted by atomic mass is 10.2. The molecule has 0 aliphatic heterocycles. The SMILES string of the molecule is CCC(CC)N(C)S(=O)(=O)c1cc(CNC2CC2)sc1Br. The number of nitrogens with zero attached hydrogens (tertiary/aromatic N) is 1. The van der Waals surface area contributed by atoms with Gasteiger partial charge in [-0.25, -0.2) is 8.42 Å². The maximum atomic E-state index is 12.8. The van der Waals surface area contributed by atoms with Crippen molar-refractivity contribution in [3.05, 3.63) is 14.7 Å². The van der Waals surface area contributed by atoms with Gasteiger partial charge in [0.25, 0.3) is 0 Å². The Labute approximate surface area is 140 Å².